The van der Waals surface area contributed by atoms with Gasteiger partial charge >= 0.3 is 0 Å². The Morgan fingerprint density at radius 1 is 1.55 bits per heavy atom. The SMILES string of the molecule is Cc1ccoc1CN[C@@H]1CCN(C(=O)C(C)C)C[C@H]1C. The molecule has 1 aromatic rings. The van der Waals surface area contributed by atoms with Gasteiger partial charge in [0, 0.05) is 25.0 Å². The third kappa shape index (κ3) is 3.42. The number of hydrogen-bond acceptors (Lipinski definition) is 3. The van der Waals surface area contributed by atoms with Gasteiger partial charge in [0.1, 0.15) is 5.76 Å². The highest BCUT2D eigenvalue weighted by molar-refractivity contribution is 5.78. The Morgan fingerprint density at radius 2 is 2.30 bits per heavy atom. The topological polar surface area (TPSA) is 45.5 Å². The molecule has 0 saturated carbocycles. The fourth-order valence-corrected chi connectivity index (χ4v) is 2.82. The number of nitrogens with one attached hydrogen (secondary N) is 1. The minimum atomic E-state index is 0.0949. The fourth-order valence-electron chi connectivity index (χ4n) is 2.82. The van der Waals surface area contributed by atoms with Gasteiger partial charge < -0.3 is 14.6 Å². The summed E-state index contributed by atoms with van der Waals surface area (Å²) in [7, 11) is 0. The van der Waals surface area contributed by atoms with E-state index in [2.05, 4.69) is 19.2 Å². The van der Waals surface area contributed by atoms with Gasteiger partial charge in [-0.15, -0.1) is 0 Å². The van der Waals surface area contributed by atoms with E-state index in [-0.39, 0.29) is 11.8 Å². The fraction of sp³-hybridized carbons (Fsp3) is 0.688. The molecule has 20 heavy (non-hydrogen) atoms. The summed E-state index contributed by atoms with van der Waals surface area (Å²) < 4.78 is 5.45. The lowest BCUT2D eigenvalue weighted by molar-refractivity contribution is -0.136. The number of aryl methyl sites for hydroxylation is 1. The number of furan rings is 1. The van der Waals surface area contributed by atoms with E-state index in [0.29, 0.717) is 12.0 Å². The Bertz CT molecular complexity index is 453. The van der Waals surface area contributed by atoms with Crippen LogP contribution in [-0.2, 0) is 11.3 Å². The number of carbonyl (C=O) groups excluding carboxylic acids is 1. The van der Waals surface area contributed by atoms with Crippen molar-refractivity contribution in [2.75, 3.05) is 13.1 Å². The van der Waals surface area contributed by atoms with Crippen molar-refractivity contribution in [2.45, 2.75) is 46.7 Å². The Labute approximate surface area is 121 Å². The molecule has 0 bridgehead atoms. The van der Waals surface area contributed by atoms with Gasteiger partial charge in [-0.3, -0.25) is 4.79 Å². The maximum absolute atomic E-state index is 12.0. The van der Waals surface area contributed by atoms with Gasteiger partial charge in [0.25, 0.3) is 0 Å². The van der Waals surface area contributed by atoms with Crippen LogP contribution in [0.1, 0.15) is 38.5 Å². The van der Waals surface area contributed by atoms with E-state index >= 15 is 0 Å². The van der Waals surface area contributed by atoms with Crippen molar-refractivity contribution < 1.29 is 9.21 Å². The average Bonchev–Trinajstić information content (AvgIpc) is 2.82. The molecule has 0 radical (unpaired) electrons. The molecule has 1 aliphatic heterocycles. The summed E-state index contributed by atoms with van der Waals surface area (Å²) in [6.07, 6.45) is 2.75. The second-order valence-corrected chi connectivity index (χ2v) is 6.22. The van der Waals surface area contributed by atoms with Crippen molar-refractivity contribution in [3.8, 4) is 0 Å². The van der Waals surface area contributed by atoms with Crippen molar-refractivity contribution >= 4 is 5.91 Å². The zero-order valence-corrected chi connectivity index (χ0v) is 13.0. The maximum Gasteiger partial charge on any atom is 0.225 e. The van der Waals surface area contributed by atoms with Crippen LogP contribution in [0.2, 0.25) is 0 Å². The number of hydrogen-bond donors (Lipinski definition) is 1. The first kappa shape index (κ1) is 15.1. The average molecular weight is 278 g/mol. The van der Waals surface area contributed by atoms with E-state index in [9.17, 15) is 4.79 Å². The van der Waals surface area contributed by atoms with Gasteiger partial charge in [-0.25, -0.2) is 0 Å². The molecule has 2 atom stereocenters. The molecule has 1 fully saturated rings. The first-order valence-corrected chi connectivity index (χ1v) is 7.54. The van der Waals surface area contributed by atoms with Crippen molar-refractivity contribution in [3.05, 3.63) is 23.7 Å². The van der Waals surface area contributed by atoms with Gasteiger partial charge in [-0.2, -0.15) is 0 Å². The monoisotopic (exact) mass is 278 g/mol. The van der Waals surface area contributed by atoms with Crippen molar-refractivity contribution in [2.24, 2.45) is 11.8 Å². The highest BCUT2D eigenvalue weighted by Crippen LogP contribution is 2.19. The van der Waals surface area contributed by atoms with E-state index in [4.69, 9.17) is 4.42 Å². The van der Waals surface area contributed by atoms with Gasteiger partial charge in [0.2, 0.25) is 5.91 Å². The van der Waals surface area contributed by atoms with Gasteiger partial charge in [-0.1, -0.05) is 20.8 Å². The molecule has 1 aliphatic rings. The number of nitrogens with zero attached hydrogens (tertiary/aromatic N) is 1. The predicted molar refractivity (Wildman–Crippen MR) is 79.3 cm³/mol. The second kappa shape index (κ2) is 6.44. The molecule has 4 nitrogen and oxygen atoms in total. The largest absolute Gasteiger partial charge is 0.468 e. The van der Waals surface area contributed by atoms with Gasteiger partial charge in [0.05, 0.1) is 12.8 Å². The minimum Gasteiger partial charge on any atom is -0.468 e. The molecule has 0 unspecified atom stereocenters. The lowest BCUT2D eigenvalue weighted by Crippen LogP contribution is -2.50. The number of carbonyl (C=O) groups is 1. The Balaban J connectivity index is 1.84. The molecule has 1 amide bonds. The molecular formula is C16H26N2O2. The second-order valence-electron chi connectivity index (χ2n) is 6.22. The zero-order chi connectivity index (χ0) is 14.7. The van der Waals surface area contributed by atoms with Gasteiger partial charge in [-0.05, 0) is 30.9 Å². The Hall–Kier alpha value is -1.29. The molecule has 0 spiro atoms. The van der Waals surface area contributed by atoms with E-state index < -0.39 is 0 Å². The molecule has 1 N–H and O–H groups in total. The molecular weight excluding hydrogens is 252 g/mol. The molecule has 2 heterocycles. The first-order valence-electron chi connectivity index (χ1n) is 7.54. The highest BCUT2D eigenvalue weighted by Gasteiger charge is 2.29. The van der Waals surface area contributed by atoms with Crippen LogP contribution in [0.4, 0.5) is 0 Å². The molecule has 112 valence electrons. The third-order valence-corrected chi connectivity index (χ3v) is 4.20. The van der Waals surface area contributed by atoms with E-state index in [0.717, 1.165) is 31.8 Å². The van der Waals surface area contributed by atoms with Crippen LogP contribution in [0.3, 0.4) is 0 Å². The number of rotatable bonds is 4. The van der Waals surface area contributed by atoms with Crippen LogP contribution >= 0.6 is 0 Å². The summed E-state index contributed by atoms with van der Waals surface area (Å²) in [5, 5.41) is 3.57. The maximum atomic E-state index is 12.0. The van der Waals surface area contributed by atoms with Crippen LogP contribution in [-0.4, -0.2) is 29.9 Å². The molecule has 1 aromatic heterocycles. The molecule has 0 aliphatic carbocycles. The Kier molecular flexibility index (Phi) is 4.86. The van der Waals surface area contributed by atoms with Crippen LogP contribution < -0.4 is 5.32 Å². The molecule has 2 rings (SSSR count). The summed E-state index contributed by atoms with van der Waals surface area (Å²) in [5.41, 5.74) is 1.19. The van der Waals surface area contributed by atoms with Crippen LogP contribution in [0.15, 0.2) is 16.7 Å². The standard InChI is InChI=1S/C16H26N2O2/c1-11(2)16(19)18-7-5-14(13(4)10-18)17-9-15-12(3)6-8-20-15/h6,8,11,13-14,17H,5,7,9-10H2,1-4H3/t13-,14-/m1/s1. The summed E-state index contributed by atoms with van der Waals surface area (Å²) >= 11 is 0. The van der Waals surface area contributed by atoms with Crippen LogP contribution in [0, 0.1) is 18.8 Å². The minimum absolute atomic E-state index is 0.0949. The quantitative estimate of drug-likeness (QED) is 0.920. The summed E-state index contributed by atoms with van der Waals surface area (Å²) in [5.74, 6) is 1.86. The lowest BCUT2D eigenvalue weighted by atomic mass is 9.93. The summed E-state index contributed by atoms with van der Waals surface area (Å²) in [4.78, 5) is 14.0. The number of amides is 1. The van der Waals surface area contributed by atoms with E-state index in [1.54, 1.807) is 6.26 Å². The van der Waals surface area contributed by atoms with E-state index in [1.165, 1.54) is 5.56 Å². The molecule has 0 aromatic carbocycles. The summed E-state index contributed by atoms with van der Waals surface area (Å²) in [6, 6.07) is 2.44. The predicted octanol–water partition coefficient (Wildman–Crippen LogP) is 2.57. The van der Waals surface area contributed by atoms with Crippen molar-refractivity contribution in [3.63, 3.8) is 0 Å². The summed E-state index contributed by atoms with van der Waals surface area (Å²) in [6.45, 7) is 10.7. The first-order chi connectivity index (χ1) is 9.49. The smallest absolute Gasteiger partial charge is 0.225 e. The van der Waals surface area contributed by atoms with E-state index in [1.807, 2.05) is 24.8 Å². The van der Waals surface area contributed by atoms with Crippen molar-refractivity contribution in [1.82, 2.24) is 10.2 Å². The highest BCUT2D eigenvalue weighted by atomic mass is 16.3. The third-order valence-electron chi connectivity index (χ3n) is 4.20. The molecule has 4 heteroatoms. The van der Waals surface area contributed by atoms with Gasteiger partial charge in [0.15, 0.2) is 0 Å². The van der Waals surface area contributed by atoms with Crippen molar-refractivity contribution in [1.29, 1.82) is 0 Å². The molecule has 1 saturated heterocycles. The Morgan fingerprint density at radius 3 is 2.85 bits per heavy atom. The number of piperidine rings is 1. The normalized spacial score (nSPS) is 23.4. The van der Waals surface area contributed by atoms with Crippen LogP contribution in [0.25, 0.3) is 0 Å². The number of likely N-dealkylation sites (tertiary alicyclic amines) is 1. The van der Waals surface area contributed by atoms with Crippen LogP contribution in [0.5, 0.6) is 0 Å². The lowest BCUT2D eigenvalue weighted by Gasteiger charge is -2.38. The zero-order valence-electron chi connectivity index (χ0n) is 13.0.